The van der Waals surface area contributed by atoms with Crippen LogP contribution in [0.1, 0.15) is 75.1 Å². The largest absolute Gasteiger partial charge is 0.352 e. The maximum absolute atomic E-state index is 13.1. The highest BCUT2D eigenvalue weighted by atomic mass is 35.5. The van der Waals surface area contributed by atoms with Gasteiger partial charge in [-0.25, -0.2) is 8.42 Å². The number of benzene rings is 1. The summed E-state index contributed by atoms with van der Waals surface area (Å²) < 4.78 is 27.7. The van der Waals surface area contributed by atoms with E-state index >= 15 is 0 Å². The number of nitrogens with one attached hydrogen (secondary N) is 1. The molecule has 8 heteroatoms. The molecule has 1 N–H and O–H groups in total. The van der Waals surface area contributed by atoms with Gasteiger partial charge in [0.1, 0.15) is 0 Å². The minimum absolute atomic E-state index is 0.142. The van der Waals surface area contributed by atoms with Gasteiger partial charge in [0.15, 0.2) is 0 Å². The minimum Gasteiger partial charge on any atom is -0.352 e. The number of halogens is 1. The molecule has 1 atom stereocenters. The van der Waals surface area contributed by atoms with Crippen molar-refractivity contribution in [2.24, 2.45) is 0 Å². The summed E-state index contributed by atoms with van der Waals surface area (Å²) >= 11 is 6.25. The number of hydrogen-bond acceptors (Lipinski definition) is 4. The van der Waals surface area contributed by atoms with E-state index in [1.165, 1.54) is 48.2 Å². The second kappa shape index (κ2) is 11.6. The van der Waals surface area contributed by atoms with Gasteiger partial charge < -0.3 is 10.2 Å². The third-order valence-corrected chi connectivity index (χ3v) is 8.74. The molecule has 0 saturated carbocycles. The van der Waals surface area contributed by atoms with Gasteiger partial charge in [0.2, 0.25) is 10.0 Å². The zero-order valence-corrected chi connectivity index (χ0v) is 20.2. The standard InChI is InChI=1S/C23H36ClN3O3S/c1-2-19-10-5-8-14-26(19)15-9-13-25-23(28)21-18-20(11-12-22(21)24)31(29,30)27-16-6-3-4-7-17-27/h11-12,18-19H,2-10,13-17H2,1H3,(H,25,28). The Bertz CT molecular complexity index is 838. The fraction of sp³-hybridized carbons (Fsp3) is 0.696. The van der Waals surface area contributed by atoms with Crippen LogP contribution in [0.4, 0.5) is 0 Å². The van der Waals surface area contributed by atoms with E-state index < -0.39 is 10.0 Å². The highest BCUT2D eigenvalue weighted by molar-refractivity contribution is 7.89. The Hall–Kier alpha value is -1.15. The fourth-order valence-electron chi connectivity index (χ4n) is 4.67. The van der Waals surface area contributed by atoms with Crippen molar-refractivity contribution in [2.45, 2.75) is 75.6 Å². The summed E-state index contributed by atoms with van der Waals surface area (Å²) in [6.07, 6.45) is 9.69. The molecule has 2 fully saturated rings. The quantitative estimate of drug-likeness (QED) is 0.576. The van der Waals surface area contributed by atoms with E-state index in [1.54, 1.807) is 0 Å². The molecule has 6 nitrogen and oxygen atoms in total. The monoisotopic (exact) mass is 469 g/mol. The number of carbonyl (C=O) groups is 1. The Balaban J connectivity index is 1.59. The second-order valence-corrected chi connectivity index (χ2v) is 11.0. The summed E-state index contributed by atoms with van der Waals surface area (Å²) in [6.45, 7) is 5.94. The summed E-state index contributed by atoms with van der Waals surface area (Å²) in [5, 5.41) is 3.19. The van der Waals surface area contributed by atoms with Crippen LogP contribution in [0.5, 0.6) is 0 Å². The highest BCUT2D eigenvalue weighted by Crippen LogP contribution is 2.25. The maximum Gasteiger partial charge on any atom is 0.252 e. The Morgan fingerprint density at radius 1 is 1.10 bits per heavy atom. The Morgan fingerprint density at radius 3 is 2.52 bits per heavy atom. The van der Waals surface area contributed by atoms with Crippen LogP contribution in [-0.2, 0) is 10.0 Å². The lowest BCUT2D eigenvalue weighted by Crippen LogP contribution is -2.40. The number of likely N-dealkylation sites (tertiary alicyclic amines) is 1. The molecule has 2 heterocycles. The van der Waals surface area contributed by atoms with E-state index in [9.17, 15) is 13.2 Å². The number of amides is 1. The second-order valence-electron chi connectivity index (χ2n) is 8.66. The van der Waals surface area contributed by atoms with Gasteiger partial charge in [-0.1, -0.05) is 37.8 Å². The molecule has 1 amide bonds. The molecule has 2 saturated heterocycles. The Labute approximate surface area is 192 Å². The summed E-state index contributed by atoms with van der Waals surface area (Å²) in [6, 6.07) is 5.09. The normalized spacial score (nSPS) is 21.5. The molecule has 0 spiro atoms. The molecule has 1 aromatic carbocycles. The average molecular weight is 470 g/mol. The lowest BCUT2D eigenvalue weighted by atomic mass is 10.00. The third-order valence-electron chi connectivity index (χ3n) is 6.51. The lowest BCUT2D eigenvalue weighted by Gasteiger charge is -2.35. The summed E-state index contributed by atoms with van der Waals surface area (Å²) in [7, 11) is -3.62. The fourth-order valence-corrected chi connectivity index (χ4v) is 6.41. The van der Waals surface area contributed by atoms with E-state index in [0.29, 0.717) is 25.7 Å². The first-order valence-corrected chi connectivity index (χ1v) is 13.6. The number of rotatable bonds is 8. The van der Waals surface area contributed by atoms with Crippen LogP contribution in [0, 0.1) is 0 Å². The van der Waals surface area contributed by atoms with Gasteiger partial charge in [0.05, 0.1) is 15.5 Å². The molecule has 1 aromatic rings. The van der Waals surface area contributed by atoms with E-state index in [-0.39, 0.29) is 21.4 Å². The Kier molecular flexibility index (Phi) is 9.19. The van der Waals surface area contributed by atoms with E-state index in [0.717, 1.165) is 45.2 Å². The van der Waals surface area contributed by atoms with E-state index in [1.807, 2.05) is 0 Å². The van der Waals surface area contributed by atoms with Crippen molar-refractivity contribution >= 4 is 27.5 Å². The van der Waals surface area contributed by atoms with Gasteiger partial charge in [0.25, 0.3) is 5.91 Å². The van der Waals surface area contributed by atoms with Crippen molar-refractivity contribution in [1.82, 2.24) is 14.5 Å². The minimum atomic E-state index is -3.62. The van der Waals surface area contributed by atoms with Crippen LogP contribution in [0.2, 0.25) is 5.02 Å². The molecule has 3 rings (SSSR count). The third kappa shape index (κ3) is 6.44. The first kappa shape index (κ1) is 24.5. The summed E-state index contributed by atoms with van der Waals surface area (Å²) in [5.74, 6) is -0.316. The zero-order valence-electron chi connectivity index (χ0n) is 18.6. The molecule has 2 aliphatic heterocycles. The van der Waals surface area contributed by atoms with Gasteiger partial charge >= 0.3 is 0 Å². The van der Waals surface area contributed by atoms with Crippen molar-refractivity contribution in [2.75, 3.05) is 32.7 Å². The predicted octanol–water partition coefficient (Wildman–Crippen LogP) is 4.29. The first-order chi connectivity index (χ1) is 14.9. The van der Waals surface area contributed by atoms with Crippen LogP contribution in [0.15, 0.2) is 23.1 Å². The molecule has 2 aliphatic rings. The van der Waals surface area contributed by atoms with Gasteiger partial charge in [-0.3, -0.25) is 4.79 Å². The van der Waals surface area contributed by atoms with Crippen molar-refractivity contribution in [1.29, 1.82) is 0 Å². The lowest BCUT2D eigenvalue weighted by molar-refractivity contribution is 0.0947. The summed E-state index contributed by atoms with van der Waals surface area (Å²) in [4.78, 5) is 15.4. The Morgan fingerprint density at radius 2 is 1.81 bits per heavy atom. The predicted molar refractivity (Wildman–Crippen MR) is 125 cm³/mol. The van der Waals surface area contributed by atoms with Crippen molar-refractivity contribution in [3.05, 3.63) is 28.8 Å². The molecule has 1 unspecified atom stereocenters. The SMILES string of the molecule is CCC1CCCCN1CCCNC(=O)c1cc(S(=O)(=O)N2CCCCCC2)ccc1Cl. The van der Waals surface area contributed by atoms with Crippen molar-refractivity contribution in [3.63, 3.8) is 0 Å². The van der Waals surface area contributed by atoms with Crippen LogP contribution < -0.4 is 5.32 Å². The zero-order chi connectivity index (χ0) is 22.3. The van der Waals surface area contributed by atoms with Gasteiger partial charge in [0, 0.05) is 32.2 Å². The van der Waals surface area contributed by atoms with Crippen LogP contribution in [0.3, 0.4) is 0 Å². The number of sulfonamides is 1. The van der Waals surface area contributed by atoms with Gasteiger partial charge in [-0.15, -0.1) is 0 Å². The molecular weight excluding hydrogens is 434 g/mol. The van der Waals surface area contributed by atoms with Crippen LogP contribution in [0.25, 0.3) is 0 Å². The van der Waals surface area contributed by atoms with Gasteiger partial charge in [-0.2, -0.15) is 4.31 Å². The molecule has 0 aromatic heterocycles. The number of carbonyl (C=O) groups excluding carboxylic acids is 1. The molecule has 31 heavy (non-hydrogen) atoms. The van der Waals surface area contributed by atoms with Crippen LogP contribution >= 0.6 is 11.6 Å². The first-order valence-electron chi connectivity index (χ1n) is 11.8. The van der Waals surface area contributed by atoms with E-state index in [2.05, 4.69) is 17.1 Å². The number of piperidine rings is 1. The number of hydrogen-bond donors (Lipinski definition) is 1. The smallest absolute Gasteiger partial charge is 0.252 e. The molecular formula is C23H36ClN3O3S. The van der Waals surface area contributed by atoms with Crippen molar-refractivity contribution < 1.29 is 13.2 Å². The topological polar surface area (TPSA) is 69.7 Å². The van der Waals surface area contributed by atoms with Gasteiger partial charge in [-0.05, 0) is 63.3 Å². The van der Waals surface area contributed by atoms with Crippen LogP contribution in [-0.4, -0.2) is 62.3 Å². The molecule has 174 valence electrons. The average Bonchev–Trinajstić information content (AvgIpc) is 3.07. The molecule has 0 bridgehead atoms. The number of nitrogens with zero attached hydrogens (tertiary/aromatic N) is 2. The highest BCUT2D eigenvalue weighted by Gasteiger charge is 2.27. The maximum atomic E-state index is 13.1. The molecule has 0 radical (unpaired) electrons. The summed E-state index contributed by atoms with van der Waals surface area (Å²) in [5.41, 5.74) is 0.224. The molecule has 0 aliphatic carbocycles. The van der Waals surface area contributed by atoms with E-state index in [4.69, 9.17) is 11.6 Å². The van der Waals surface area contributed by atoms with Crippen molar-refractivity contribution in [3.8, 4) is 0 Å².